The second-order valence-electron chi connectivity index (χ2n) is 4.92. The zero-order valence-corrected chi connectivity index (χ0v) is 13.8. The Balaban J connectivity index is 0.00000200. The zero-order valence-electron chi connectivity index (χ0n) is 11.4. The van der Waals surface area contributed by atoms with Crippen LogP contribution in [0.1, 0.15) is 18.4 Å². The van der Waals surface area contributed by atoms with Gasteiger partial charge >= 0.3 is 0 Å². The van der Waals surface area contributed by atoms with Gasteiger partial charge in [0.1, 0.15) is 0 Å². The lowest BCUT2D eigenvalue weighted by atomic mass is 9.92. The molecule has 0 radical (unpaired) electrons. The van der Waals surface area contributed by atoms with Crippen LogP contribution < -0.4 is 11.1 Å². The molecule has 1 atom stereocenters. The predicted molar refractivity (Wildman–Crippen MR) is 86.3 cm³/mol. The average molecular weight is 364 g/mol. The summed E-state index contributed by atoms with van der Waals surface area (Å²) in [5.41, 5.74) is 7.87. The lowest BCUT2D eigenvalue weighted by Gasteiger charge is -2.26. The number of halogens is 2. The molecule has 1 aliphatic heterocycles. The van der Waals surface area contributed by atoms with Crippen molar-refractivity contribution in [2.45, 2.75) is 25.8 Å². The van der Waals surface area contributed by atoms with Gasteiger partial charge in [-0.3, -0.25) is 4.79 Å². The smallest absolute Gasteiger partial charge is 0.241 e. The van der Waals surface area contributed by atoms with E-state index >= 15 is 0 Å². The third-order valence-electron chi connectivity index (χ3n) is 3.52. The fourth-order valence-corrected chi connectivity index (χ4v) is 2.75. The number of carbonyl (C=O) groups is 1. The molecule has 0 spiro atoms. The summed E-state index contributed by atoms with van der Waals surface area (Å²) in [6, 6.07) is 5.29. The lowest BCUT2D eigenvalue weighted by molar-refractivity contribution is -0.119. The summed E-state index contributed by atoms with van der Waals surface area (Å²) in [5.74, 6) is 0.0989. The fraction of sp³-hybridized carbons (Fsp3) is 0.500. The molecule has 1 aliphatic rings. The summed E-state index contributed by atoms with van der Waals surface area (Å²) < 4.78 is 6.28. The number of hydrogen-bond acceptors (Lipinski definition) is 3. The van der Waals surface area contributed by atoms with Crippen LogP contribution in [0.2, 0.25) is 0 Å². The van der Waals surface area contributed by atoms with Crippen LogP contribution in [0.25, 0.3) is 0 Å². The molecule has 2 rings (SSSR count). The third kappa shape index (κ3) is 4.45. The van der Waals surface area contributed by atoms with Gasteiger partial charge in [-0.15, -0.1) is 12.4 Å². The Morgan fingerprint density at radius 3 is 2.70 bits per heavy atom. The largest absolute Gasteiger partial charge is 0.381 e. The van der Waals surface area contributed by atoms with E-state index in [1.54, 1.807) is 0 Å². The number of ether oxygens (including phenoxy) is 1. The van der Waals surface area contributed by atoms with E-state index in [-0.39, 0.29) is 24.2 Å². The maximum atomic E-state index is 12.2. The second-order valence-corrected chi connectivity index (χ2v) is 5.84. The Hall–Kier alpha value is -0.620. The van der Waals surface area contributed by atoms with Crippen LogP contribution in [0.4, 0.5) is 5.69 Å². The van der Waals surface area contributed by atoms with Gasteiger partial charge in [0, 0.05) is 23.4 Å². The quantitative estimate of drug-likeness (QED) is 0.868. The average Bonchev–Trinajstić information content (AvgIpc) is 2.42. The van der Waals surface area contributed by atoms with Gasteiger partial charge in [0.2, 0.25) is 5.91 Å². The minimum absolute atomic E-state index is 0. The molecular weight excluding hydrogens is 344 g/mol. The van der Waals surface area contributed by atoms with Gasteiger partial charge < -0.3 is 15.8 Å². The first kappa shape index (κ1) is 17.4. The van der Waals surface area contributed by atoms with Crippen molar-refractivity contribution in [3.05, 3.63) is 28.2 Å². The zero-order chi connectivity index (χ0) is 13.8. The number of hydrogen-bond donors (Lipinski definition) is 2. The summed E-state index contributed by atoms with van der Waals surface area (Å²) in [7, 11) is 0. The molecule has 3 N–H and O–H groups in total. The Morgan fingerprint density at radius 1 is 1.45 bits per heavy atom. The Kier molecular flexibility index (Phi) is 6.95. The van der Waals surface area contributed by atoms with Crippen LogP contribution in [0.3, 0.4) is 0 Å². The van der Waals surface area contributed by atoms with Crippen LogP contribution in [0.5, 0.6) is 0 Å². The van der Waals surface area contributed by atoms with E-state index < -0.39 is 6.04 Å². The molecule has 112 valence electrons. The number of rotatable bonds is 3. The molecule has 1 fully saturated rings. The van der Waals surface area contributed by atoms with E-state index in [1.807, 2.05) is 25.1 Å². The van der Waals surface area contributed by atoms with E-state index in [0.717, 1.165) is 28.6 Å². The Morgan fingerprint density at radius 2 is 2.10 bits per heavy atom. The molecule has 1 unspecified atom stereocenters. The molecule has 1 saturated heterocycles. The number of amides is 1. The number of anilines is 1. The second kappa shape index (κ2) is 7.98. The first-order valence-electron chi connectivity index (χ1n) is 6.48. The van der Waals surface area contributed by atoms with Gasteiger partial charge in [-0.2, -0.15) is 0 Å². The maximum absolute atomic E-state index is 12.2. The molecule has 0 bridgehead atoms. The molecule has 0 aliphatic carbocycles. The van der Waals surface area contributed by atoms with Crippen molar-refractivity contribution in [3.63, 3.8) is 0 Å². The van der Waals surface area contributed by atoms with Crippen LogP contribution in [-0.2, 0) is 9.53 Å². The van der Waals surface area contributed by atoms with E-state index in [9.17, 15) is 4.79 Å². The van der Waals surface area contributed by atoms with Crippen molar-refractivity contribution >= 4 is 39.9 Å². The van der Waals surface area contributed by atoms with E-state index in [0.29, 0.717) is 13.2 Å². The van der Waals surface area contributed by atoms with E-state index in [4.69, 9.17) is 10.5 Å². The first-order chi connectivity index (χ1) is 9.08. The third-order valence-corrected chi connectivity index (χ3v) is 4.02. The van der Waals surface area contributed by atoms with Crippen LogP contribution in [-0.4, -0.2) is 25.2 Å². The molecule has 20 heavy (non-hydrogen) atoms. The van der Waals surface area contributed by atoms with Gasteiger partial charge in [0.15, 0.2) is 0 Å². The molecule has 1 amide bonds. The predicted octanol–water partition coefficient (Wildman–Crippen LogP) is 2.87. The van der Waals surface area contributed by atoms with Crippen molar-refractivity contribution in [2.75, 3.05) is 18.5 Å². The van der Waals surface area contributed by atoms with Crippen LogP contribution in [0.15, 0.2) is 22.7 Å². The highest BCUT2D eigenvalue weighted by molar-refractivity contribution is 9.10. The molecule has 4 nitrogen and oxygen atoms in total. The highest BCUT2D eigenvalue weighted by atomic mass is 79.9. The van der Waals surface area contributed by atoms with Crippen molar-refractivity contribution in [1.29, 1.82) is 0 Å². The minimum Gasteiger partial charge on any atom is -0.381 e. The molecule has 1 aromatic carbocycles. The molecule has 0 aromatic heterocycles. The lowest BCUT2D eigenvalue weighted by Crippen LogP contribution is -2.44. The minimum atomic E-state index is -0.466. The van der Waals surface area contributed by atoms with Gasteiger partial charge in [0.25, 0.3) is 0 Å². The number of nitrogens with two attached hydrogens (primary N) is 1. The van der Waals surface area contributed by atoms with E-state index in [1.165, 1.54) is 0 Å². The highest BCUT2D eigenvalue weighted by Gasteiger charge is 2.26. The number of benzene rings is 1. The SMILES string of the molecule is Cc1cc(Br)ccc1NC(=O)C(N)C1CCOCC1.Cl. The fourth-order valence-electron chi connectivity index (χ4n) is 2.27. The summed E-state index contributed by atoms with van der Waals surface area (Å²) in [4.78, 5) is 12.2. The topological polar surface area (TPSA) is 64.4 Å². The molecule has 1 heterocycles. The molecule has 1 aromatic rings. The summed E-state index contributed by atoms with van der Waals surface area (Å²) >= 11 is 3.40. The molecule has 6 heteroatoms. The van der Waals surface area contributed by atoms with Crippen molar-refractivity contribution in [1.82, 2.24) is 0 Å². The van der Waals surface area contributed by atoms with Gasteiger partial charge in [0.05, 0.1) is 6.04 Å². The van der Waals surface area contributed by atoms with Crippen molar-refractivity contribution < 1.29 is 9.53 Å². The monoisotopic (exact) mass is 362 g/mol. The van der Waals surface area contributed by atoms with Gasteiger partial charge in [-0.05, 0) is 49.4 Å². The van der Waals surface area contributed by atoms with Gasteiger partial charge in [-0.25, -0.2) is 0 Å². The van der Waals surface area contributed by atoms with Crippen LogP contribution in [0, 0.1) is 12.8 Å². The summed E-state index contributed by atoms with van der Waals surface area (Å²) in [6.45, 7) is 3.35. The summed E-state index contributed by atoms with van der Waals surface area (Å²) in [6.07, 6.45) is 1.71. The molecular formula is C14H20BrClN2O2. The van der Waals surface area contributed by atoms with Crippen molar-refractivity contribution in [2.24, 2.45) is 11.7 Å². The number of carbonyl (C=O) groups excluding carboxylic acids is 1. The standard InChI is InChI=1S/C14H19BrN2O2.ClH/c1-9-8-11(15)2-3-12(9)17-14(18)13(16)10-4-6-19-7-5-10;/h2-3,8,10,13H,4-7,16H2,1H3,(H,17,18);1H. The van der Waals surface area contributed by atoms with E-state index in [2.05, 4.69) is 21.2 Å². The van der Waals surface area contributed by atoms with Gasteiger partial charge in [-0.1, -0.05) is 15.9 Å². The number of nitrogens with one attached hydrogen (secondary N) is 1. The first-order valence-corrected chi connectivity index (χ1v) is 7.27. The number of aryl methyl sites for hydroxylation is 1. The normalized spacial score (nSPS) is 17.1. The highest BCUT2D eigenvalue weighted by Crippen LogP contribution is 2.22. The Bertz CT molecular complexity index is 464. The van der Waals surface area contributed by atoms with Crippen molar-refractivity contribution in [3.8, 4) is 0 Å². The van der Waals surface area contributed by atoms with Crippen LogP contribution >= 0.6 is 28.3 Å². The maximum Gasteiger partial charge on any atom is 0.241 e. The summed E-state index contributed by atoms with van der Waals surface area (Å²) in [5, 5.41) is 2.91. The molecule has 0 saturated carbocycles. The Labute approximate surface area is 134 Å².